The summed E-state index contributed by atoms with van der Waals surface area (Å²) in [6.45, 7) is 0.681. The van der Waals surface area contributed by atoms with Crippen molar-refractivity contribution in [1.29, 1.82) is 0 Å². The lowest BCUT2D eigenvalue weighted by Crippen LogP contribution is -2.19. The molecule has 3 heterocycles. The van der Waals surface area contributed by atoms with Gasteiger partial charge >= 0.3 is 0 Å². The third kappa shape index (κ3) is 3.21. The molecule has 1 aliphatic heterocycles. The second-order valence-corrected chi connectivity index (χ2v) is 6.20. The van der Waals surface area contributed by atoms with Gasteiger partial charge in [0.1, 0.15) is 0 Å². The fraction of sp³-hybridized carbons (Fsp3) is 0.263. The van der Waals surface area contributed by atoms with Crippen LogP contribution in [0.3, 0.4) is 0 Å². The van der Waals surface area contributed by atoms with Gasteiger partial charge in [0.05, 0.1) is 21.8 Å². The lowest BCUT2D eigenvalue weighted by atomic mass is 10.1. The summed E-state index contributed by atoms with van der Waals surface area (Å²) in [5.74, 6) is 0. The van der Waals surface area contributed by atoms with Crippen LogP contribution in [-0.2, 0) is 4.74 Å². The Bertz CT molecular complexity index is 960. The van der Waals surface area contributed by atoms with Gasteiger partial charge in [0, 0.05) is 30.3 Å². The number of hydrogen-bond donors (Lipinski definition) is 0. The molecule has 0 bridgehead atoms. The Hall–Kier alpha value is -3.06. The van der Waals surface area contributed by atoms with Crippen LogP contribution in [0.1, 0.15) is 36.9 Å². The van der Waals surface area contributed by atoms with Crippen molar-refractivity contribution in [3.63, 3.8) is 0 Å². The second-order valence-electron chi connectivity index (χ2n) is 6.20. The predicted octanol–water partition coefficient (Wildman–Crippen LogP) is 4.21. The van der Waals surface area contributed by atoms with Gasteiger partial charge in [0.25, 0.3) is 5.69 Å². The highest BCUT2D eigenvalue weighted by molar-refractivity contribution is 5.91. The third-order valence-electron chi connectivity index (χ3n) is 4.46. The molecular weight excluding hydrogens is 332 g/mol. The fourth-order valence-electron chi connectivity index (χ4n) is 3.16. The van der Waals surface area contributed by atoms with Gasteiger partial charge in [-0.05, 0) is 49.6 Å². The normalized spacial score (nSPS) is 17.8. The van der Waals surface area contributed by atoms with E-state index in [2.05, 4.69) is 10.1 Å². The van der Waals surface area contributed by atoms with Gasteiger partial charge in [0.2, 0.25) is 0 Å². The first-order chi connectivity index (χ1) is 12.7. The molecule has 7 heteroatoms. The van der Waals surface area contributed by atoms with Gasteiger partial charge in [-0.1, -0.05) is 6.07 Å². The van der Waals surface area contributed by atoms with Crippen LogP contribution in [0.2, 0.25) is 0 Å². The van der Waals surface area contributed by atoms with Gasteiger partial charge in [-0.25, -0.2) is 4.68 Å². The molecule has 1 unspecified atom stereocenters. The molecule has 0 N–H and O–H groups in total. The van der Waals surface area contributed by atoms with Crippen LogP contribution in [0.25, 0.3) is 23.1 Å². The fourth-order valence-corrected chi connectivity index (χ4v) is 3.16. The Balaban J connectivity index is 1.79. The average molecular weight is 350 g/mol. The number of nitrogens with zero attached hydrogens (tertiary/aromatic N) is 4. The van der Waals surface area contributed by atoms with E-state index in [4.69, 9.17) is 4.74 Å². The Morgan fingerprint density at radius 1 is 1.23 bits per heavy atom. The zero-order valence-corrected chi connectivity index (χ0v) is 14.1. The Morgan fingerprint density at radius 3 is 2.88 bits per heavy atom. The largest absolute Gasteiger partial charge is 0.356 e. The van der Waals surface area contributed by atoms with Crippen molar-refractivity contribution in [2.75, 3.05) is 6.61 Å². The third-order valence-corrected chi connectivity index (χ3v) is 4.46. The summed E-state index contributed by atoms with van der Waals surface area (Å²) in [5, 5.41) is 16.7. The monoisotopic (exact) mass is 350 g/mol. The number of aromatic nitrogens is 3. The number of rotatable bonds is 4. The van der Waals surface area contributed by atoms with Crippen LogP contribution in [0, 0.1) is 10.1 Å². The van der Waals surface area contributed by atoms with Crippen molar-refractivity contribution in [2.24, 2.45) is 0 Å². The Morgan fingerprint density at radius 2 is 2.15 bits per heavy atom. The van der Waals surface area contributed by atoms with Crippen molar-refractivity contribution in [2.45, 2.75) is 25.5 Å². The first-order valence-electron chi connectivity index (χ1n) is 8.60. The van der Waals surface area contributed by atoms with E-state index in [1.807, 2.05) is 30.4 Å². The van der Waals surface area contributed by atoms with E-state index in [0.29, 0.717) is 12.1 Å². The number of hydrogen-bond acceptors (Lipinski definition) is 5. The van der Waals surface area contributed by atoms with Crippen molar-refractivity contribution in [3.05, 3.63) is 64.1 Å². The van der Waals surface area contributed by atoms with E-state index >= 15 is 0 Å². The standard InChI is InChI=1S/C19H18N4O3/c24-23(25)15-8-9-16-17(10-7-14-5-1-3-11-20-14)21-22(18(16)13-15)19-6-2-4-12-26-19/h1,3,5,7-11,13,19H,2,4,6,12H2. The van der Waals surface area contributed by atoms with Crippen LogP contribution >= 0.6 is 0 Å². The van der Waals surface area contributed by atoms with E-state index in [0.717, 1.165) is 36.0 Å². The van der Waals surface area contributed by atoms with Gasteiger partial charge < -0.3 is 4.74 Å². The molecule has 1 aliphatic rings. The average Bonchev–Trinajstić information content (AvgIpc) is 3.06. The summed E-state index contributed by atoms with van der Waals surface area (Å²) in [5.41, 5.74) is 2.34. The summed E-state index contributed by atoms with van der Waals surface area (Å²) in [4.78, 5) is 15.1. The number of ether oxygens (including phenoxy) is 1. The smallest absolute Gasteiger partial charge is 0.271 e. The maximum Gasteiger partial charge on any atom is 0.271 e. The summed E-state index contributed by atoms with van der Waals surface area (Å²) in [6.07, 6.45) is 8.25. The molecule has 3 aromatic rings. The lowest BCUT2D eigenvalue weighted by Gasteiger charge is -2.23. The molecule has 0 aliphatic carbocycles. The van der Waals surface area contributed by atoms with E-state index in [9.17, 15) is 10.1 Å². The highest BCUT2D eigenvalue weighted by atomic mass is 16.6. The number of nitro benzene ring substituents is 1. The SMILES string of the molecule is O=[N+]([O-])c1ccc2c(C=Cc3ccccn3)nn(C3CCCCO3)c2c1. The molecular formula is C19H18N4O3. The predicted molar refractivity (Wildman–Crippen MR) is 98.4 cm³/mol. The van der Waals surface area contributed by atoms with Crippen LogP contribution in [-0.4, -0.2) is 26.3 Å². The highest BCUT2D eigenvalue weighted by Crippen LogP contribution is 2.31. The zero-order valence-electron chi connectivity index (χ0n) is 14.1. The molecule has 1 saturated heterocycles. The second kappa shape index (κ2) is 7.05. The molecule has 0 saturated carbocycles. The van der Waals surface area contributed by atoms with Crippen LogP contribution in [0.15, 0.2) is 42.6 Å². The van der Waals surface area contributed by atoms with Crippen LogP contribution < -0.4 is 0 Å². The maximum absolute atomic E-state index is 11.2. The minimum absolute atomic E-state index is 0.0507. The first kappa shape index (κ1) is 16.4. The molecule has 4 rings (SSSR count). The molecule has 26 heavy (non-hydrogen) atoms. The zero-order chi connectivity index (χ0) is 17.9. The molecule has 0 spiro atoms. The number of fused-ring (bicyclic) bond motifs is 1. The van der Waals surface area contributed by atoms with E-state index < -0.39 is 0 Å². The van der Waals surface area contributed by atoms with Gasteiger partial charge in [-0.3, -0.25) is 15.1 Å². The van der Waals surface area contributed by atoms with Crippen molar-refractivity contribution in [1.82, 2.24) is 14.8 Å². The molecule has 0 radical (unpaired) electrons. The number of nitro groups is 1. The number of benzene rings is 1. The minimum Gasteiger partial charge on any atom is -0.356 e. The summed E-state index contributed by atoms with van der Waals surface area (Å²) in [7, 11) is 0. The molecule has 1 fully saturated rings. The van der Waals surface area contributed by atoms with Crippen LogP contribution in [0.4, 0.5) is 5.69 Å². The molecule has 7 nitrogen and oxygen atoms in total. The Labute approximate surface area is 150 Å². The van der Waals surface area contributed by atoms with Gasteiger partial charge in [-0.2, -0.15) is 5.10 Å². The summed E-state index contributed by atoms with van der Waals surface area (Å²) < 4.78 is 7.62. The number of pyridine rings is 1. The van der Waals surface area contributed by atoms with Crippen molar-refractivity contribution < 1.29 is 9.66 Å². The summed E-state index contributed by atoms with van der Waals surface area (Å²) >= 11 is 0. The number of non-ortho nitro benzene ring substituents is 1. The topological polar surface area (TPSA) is 83.1 Å². The van der Waals surface area contributed by atoms with E-state index in [1.165, 1.54) is 6.07 Å². The lowest BCUT2D eigenvalue weighted by molar-refractivity contribution is -0.384. The maximum atomic E-state index is 11.2. The van der Waals surface area contributed by atoms with E-state index in [-0.39, 0.29) is 16.8 Å². The minimum atomic E-state index is -0.387. The molecule has 132 valence electrons. The van der Waals surface area contributed by atoms with Gasteiger partial charge in [-0.15, -0.1) is 0 Å². The molecule has 1 aromatic carbocycles. The van der Waals surface area contributed by atoms with Gasteiger partial charge in [0.15, 0.2) is 6.23 Å². The van der Waals surface area contributed by atoms with E-state index in [1.54, 1.807) is 23.0 Å². The van der Waals surface area contributed by atoms with Crippen molar-refractivity contribution >= 4 is 28.7 Å². The quantitative estimate of drug-likeness (QED) is 0.520. The Kier molecular flexibility index (Phi) is 4.45. The van der Waals surface area contributed by atoms with Crippen molar-refractivity contribution in [3.8, 4) is 0 Å². The molecule has 2 aromatic heterocycles. The molecule has 1 atom stereocenters. The summed E-state index contributed by atoms with van der Waals surface area (Å²) in [6, 6.07) is 10.5. The molecule has 0 amide bonds. The highest BCUT2D eigenvalue weighted by Gasteiger charge is 2.22. The van der Waals surface area contributed by atoms with Crippen LogP contribution in [0.5, 0.6) is 0 Å². The first-order valence-corrected chi connectivity index (χ1v) is 8.60.